The van der Waals surface area contributed by atoms with Crippen LogP contribution < -0.4 is 20.1 Å². The molecule has 2 amide bonds. The van der Waals surface area contributed by atoms with Gasteiger partial charge in [-0.05, 0) is 66.1 Å². The van der Waals surface area contributed by atoms with Crippen molar-refractivity contribution in [1.82, 2.24) is 25.5 Å². The van der Waals surface area contributed by atoms with Gasteiger partial charge in [0.15, 0.2) is 11.5 Å². The molecule has 1 fully saturated rings. The Kier molecular flexibility index (Phi) is 6.11. The van der Waals surface area contributed by atoms with Gasteiger partial charge in [-0.3, -0.25) is 9.59 Å². The van der Waals surface area contributed by atoms with E-state index >= 15 is 0 Å². The number of hydrogen-bond donors (Lipinski definition) is 2. The van der Waals surface area contributed by atoms with E-state index in [1.54, 1.807) is 56.7 Å². The number of amides is 2. The van der Waals surface area contributed by atoms with E-state index in [2.05, 4.69) is 26.0 Å². The van der Waals surface area contributed by atoms with Crippen molar-refractivity contribution < 1.29 is 19.1 Å². The van der Waals surface area contributed by atoms with E-state index in [-0.39, 0.29) is 23.7 Å². The van der Waals surface area contributed by atoms with Gasteiger partial charge in [-0.15, -0.1) is 15.0 Å². The van der Waals surface area contributed by atoms with Crippen LogP contribution in [0.5, 0.6) is 11.5 Å². The van der Waals surface area contributed by atoms with Crippen LogP contribution in [-0.2, 0) is 4.79 Å². The van der Waals surface area contributed by atoms with E-state index in [4.69, 9.17) is 9.47 Å². The fourth-order valence-corrected chi connectivity index (χ4v) is 2.88. The molecule has 4 rings (SSSR count). The second kappa shape index (κ2) is 9.29. The Morgan fingerprint density at radius 1 is 1.06 bits per heavy atom. The fraction of sp³-hybridized carbons (Fsp3) is 0.227. The Morgan fingerprint density at radius 3 is 2.50 bits per heavy atom. The van der Waals surface area contributed by atoms with Crippen molar-refractivity contribution in [1.29, 1.82) is 0 Å². The zero-order chi connectivity index (χ0) is 22.5. The van der Waals surface area contributed by atoms with Crippen LogP contribution in [0.3, 0.4) is 0 Å². The third-order valence-corrected chi connectivity index (χ3v) is 4.73. The molecule has 32 heavy (non-hydrogen) atoms. The highest BCUT2D eigenvalue weighted by Gasteiger charge is 2.25. The molecule has 1 aromatic heterocycles. The summed E-state index contributed by atoms with van der Waals surface area (Å²) >= 11 is 0. The Labute approximate surface area is 184 Å². The third kappa shape index (κ3) is 5.09. The van der Waals surface area contributed by atoms with Gasteiger partial charge in [-0.2, -0.15) is 0 Å². The van der Waals surface area contributed by atoms with Gasteiger partial charge in [0, 0.05) is 17.8 Å². The molecule has 10 heteroatoms. The monoisotopic (exact) mass is 434 g/mol. The fourth-order valence-electron chi connectivity index (χ4n) is 2.88. The zero-order valence-electron chi connectivity index (χ0n) is 17.6. The third-order valence-electron chi connectivity index (χ3n) is 4.73. The average Bonchev–Trinajstić information content (AvgIpc) is 3.49. The number of hydrogen-bond acceptors (Lipinski definition) is 7. The van der Waals surface area contributed by atoms with Crippen molar-refractivity contribution in [2.24, 2.45) is 0 Å². The molecule has 164 valence electrons. The summed E-state index contributed by atoms with van der Waals surface area (Å²) in [6.07, 6.45) is 5.07. The molecule has 0 atom stereocenters. The van der Waals surface area contributed by atoms with Crippen LogP contribution in [0.4, 0.5) is 5.69 Å². The Balaban J connectivity index is 1.36. The molecular formula is C22H22N6O4. The van der Waals surface area contributed by atoms with E-state index in [0.29, 0.717) is 22.9 Å². The number of carbonyl (C=O) groups excluding carboxylic acids is 2. The maximum absolute atomic E-state index is 12.3. The second-order valence-corrected chi connectivity index (χ2v) is 7.13. The highest BCUT2D eigenvalue weighted by atomic mass is 16.5. The number of nitrogens with one attached hydrogen (secondary N) is 2. The molecule has 1 aliphatic carbocycles. The van der Waals surface area contributed by atoms with Gasteiger partial charge in [0.25, 0.3) is 11.7 Å². The number of tetrazole rings is 1. The predicted octanol–water partition coefficient (Wildman–Crippen LogP) is 2.22. The van der Waals surface area contributed by atoms with Gasteiger partial charge in [0.05, 0.1) is 19.9 Å². The SMILES string of the molecule is COc1ccc(C=CC(=O)Nc2ccc(-n3nnc(C(=O)NC4CC4)n3)cc2)cc1OC. The number of anilines is 1. The number of ether oxygens (including phenoxy) is 2. The number of carbonyl (C=O) groups is 2. The van der Waals surface area contributed by atoms with E-state index < -0.39 is 0 Å². The lowest BCUT2D eigenvalue weighted by molar-refractivity contribution is -0.111. The molecule has 0 saturated heterocycles. The van der Waals surface area contributed by atoms with Gasteiger partial charge < -0.3 is 20.1 Å². The largest absolute Gasteiger partial charge is 0.493 e. The van der Waals surface area contributed by atoms with Crippen molar-refractivity contribution in [3.05, 3.63) is 59.9 Å². The topological polar surface area (TPSA) is 120 Å². The maximum Gasteiger partial charge on any atom is 0.293 e. The molecule has 0 unspecified atom stereocenters. The van der Waals surface area contributed by atoms with Crippen LogP contribution in [0.1, 0.15) is 29.0 Å². The first-order valence-electron chi connectivity index (χ1n) is 9.98. The Bertz CT molecular complexity index is 1150. The molecule has 0 aliphatic heterocycles. The summed E-state index contributed by atoms with van der Waals surface area (Å²) in [5.41, 5.74) is 2.01. The summed E-state index contributed by atoms with van der Waals surface area (Å²) in [6.45, 7) is 0. The Morgan fingerprint density at radius 2 is 1.81 bits per heavy atom. The summed E-state index contributed by atoms with van der Waals surface area (Å²) in [5.74, 6) is 0.608. The molecule has 0 bridgehead atoms. The summed E-state index contributed by atoms with van der Waals surface area (Å²) < 4.78 is 10.5. The number of methoxy groups -OCH3 is 2. The van der Waals surface area contributed by atoms with Gasteiger partial charge >= 0.3 is 0 Å². The molecule has 2 aromatic carbocycles. The molecule has 2 N–H and O–H groups in total. The summed E-state index contributed by atoms with van der Waals surface area (Å²) in [5, 5.41) is 17.4. The van der Waals surface area contributed by atoms with Crippen LogP contribution >= 0.6 is 0 Å². The average molecular weight is 434 g/mol. The van der Waals surface area contributed by atoms with E-state index in [0.717, 1.165) is 18.4 Å². The standard InChI is InChI=1S/C22H22N6O4/c1-31-18-11-3-14(13-19(18)32-2)4-12-20(29)23-15-7-9-17(10-8-15)28-26-21(25-27-28)22(30)24-16-5-6-16/h3-4,7-13,16H,5-6H2,1-2H3,(H,23,29)(H,24,30). The minimum Gasteiger partial charge on any atom is -0.493 e. The first-order valence-corrected chi connectivity index (χ1v) is 9.98. The summed E-state index contributed by atoms with van der Waals surface area (Å²) in [4.78, 5) is 25.5. The van der Waals surface area contributed by atoms with Crippen LogP contribution in [0.2, 0.25) is 0 Å². The first kappa shape index (κ1) is 21.0. The highest BCUT2D eigenvalue weighted by Crippen LogP contribution is 2.28. The lowest BCUT2D eigenvalue weighted by Crippen LogP contribution is -2.26. The molecule has 0 spiro atoms. The molecule has 0 radical (unpaired) electrons. The first-order chi connectivity index (χ1) is 15.6. The van der Waals surface area contributed by atoms with Gasteiger partial charge in [-0.25, -0.2) is 0 Å². The van der Waals surface area contributed by atoms with Crippen LogP contribution in [-0.4, -0.2) is 52.3 Å². The predicted molar refractivity (Wildman–Crippen MR) is 117 cm³/mol. The van der Waals surface area contributed by atoms with Crippen molar-refractivity contribution in [3.63, 3.8) is 0 Å². The number of benzene rings is 2. The molecule has 1 saturated carbocycles. The maximum atomic E-state index is 12.3. The lowest BCUT2D eigenvalue weighted by atomic mass is 10.2. The van der Waals surface area contributed by atoms with Crippen molar-refractivity contribution >= 4 is 23.6 Å². The van der Waals surface area contributed by atoms with Crippen molar-refractivity contribution in [2.75, 3.05) is 19.5 Å². The molecule has 10 nitrogen and oxygen atoms in total. The van der Waals surface area contributed by atoms with Gasteiger partial charge in [-0.1, -0.05) is 6.07 Å². The zero-order valence-corrected chi connectivity index (χ0v) is 17.6. The van der Waals surface area contributed by atoms with Gasteiger partial charge in [0.2, 0.25) is 5.91 Å². The number of aromatic nitrogens is 4. The van der Waals surface area contributed by atoms with Crippen LogP contribution in [0.25, 0.3) is 11.8 Å². The molecular weight excluding hydrogens is 412 g/mol. The molecule has 3 aromatic rings. The minimum absolute atomic E-state index is 0.0228. The quantitative estimate of drug-likeness (QED) is 0.522. The Hall–Kier alpha value is -4.21. The smallest absolute Gasteiger partial charge is 0.293 e. The minimum atomic E-state index is -0.330. The highest BCUT2D eigenvalue weighted by molar-refractivity contribution is 6.02. The normalized spacial score (nSPS) is 13.1. The summed E-state index contributed by atoms with van der Waals surface area (Å²) in [6, 6.07) is 12.5. The van der Waals surface area contributed by atoms with E-state index in [1.165, 1.54) is 10.9 Å². The van der Waals surface area contributed by atoms with E-state index in [1.807, 2.05) is 6.07 Å². The number of nitrogens with zero attached hydrogens (tertiary/aromatic N) is 4. The van der Waals surface area contributed by atoms with Crippen molar-refractivity contribution in [2.45, 2.75) is 18.9 Å². The second-order valence-electron chi connectivity index (χ2n) is 7.13. The summed E-state index contributed by atoms with van der Waals surface area (Å²) in [7, 11) is 3.12. The molecule has 1 heterocycles. The van der Waals surface area contributed by atoms with Crippen molar-refractivity contribution in [3.8, 4) is 17.2 Å². The number of rotatable bonds is 8. The molecule has 1 aliphatic rings. The lowest BCUT2D eigenvalue weighted by Gasteiger charge is -2.07. The van der Waals surface area contributed by atoms with Gasteiger partial charge in [0.1, 0.15) is 0 Å². The van der Waals surface area contributed by atoms with Crippen LogP contribution in [0, 0.1) is 0 Å². The van der Waals surface area contributed by atoms with E-state index in [9.17, 15) is 9.59 Å². The van der Waals surface area contributed by atoms with Crippen LogP contribution in [0.15, 0.2) is 48.5 Å².